The van der Waals surface area contributed by atoms with E-state index in [9.17, 15) is 24.0 Å². The molecule has 1 saturated heterocycles. The van der Waals surface area contributed by atoms with Crippen LogP contribution in [0.3, 0.4) is 0 Å². The van der Waals surface area contributed by atoms with Crippen molar-refractivity contribution in [3.8, 4) is 11.1 Å². The predicted octanol–water partition coefficient (Wildman–Crippen LogP) is 2.92. The molecule has 1 aliphatic heterocycles. The molecule has 0 aromatic heterocycles. The van der Waals surface area contributed by atoms with E-state index in [-0.39, 0.29) is 50.7 Å². The van der Waals surface area contributed by atoms with Gasteiger partial charge in [-0.25, -0.2) is 9.59 Å². The van der Waals surface area contributed by atoms with Crippen LogP contribution in [-0.4, -0.2) is 147 Å². The van der Waals surface area contributed by atoms with Crippen molar-refractivity contribution in [2.45, 2.75) is 50.5 Å². The van der Waals surface area contributed by atoms with Crippen LogP contribution in [0, 0.1) is 0 Å². The van der Waals surface area contributed by atoms with Gasteiger partial charge in [0.25, 0.3) is 11.8 Å². The lowest BCUT2D eigenvalue weighted by atomic mass is 9.98. The van der Waals surface area contributed by atoms with E-state index in [2.05, 4.69) is 10.6 Å². The number of nitrogens with zero attached hydrogens (tertiary/aromatic N) is 1. The molecule has 58 heavy (non-hydrogen) atoms. The summed E-state index contributed by atoms with van der Waals surface area (Å²) in [6, 6.07) is 14.6. The smallest absolute Gasteiger partial charge is 0.407 e. The molecule has 0 radical (unpaired) electrons. The number of hydrogen-bond acceptors (Lipinski definition) is 14. The average molecular weight is 816 g/mol. The summed E-state index contributed by atoms with van der Waals surface area (Å²) in [7, 11) is 1.63. The Morgan fingerprint density at radius 3 is 1.67 bits per heavy atom. The highest BCUT2D eigenvalue weighted by Crippen LogP contribution is 2.44. The third-order valence-electron chi connectivity index (χ3n) is 9.11. The van der Waals surface area contributed by atoms with Crippen LogP contribution < -0.4 is 10.6 Å². The molecule has 1 fully saturated rings. The van der Waals surface area contributed by atoms with Gasteiger partial charge in [-0.05, 0) is 41.5 Å². The molecule has 0 saturated carbocycles. The van der Waals surface area contributed by atoms with Crippen LogP contribution in [0.5, 0.6) is 0 Å². The topological polar surface area (TPSA) is 196 Å². The SMILES string of the molecule is COCCOCCOCCOCCOCCOCCOCCC(=O)NCCCC[C@H](NC(=O)OCC1c2ccccc2-c2ccccc21)C(=O)ON1C(=O)CCC1=O. The van der Waals surface area contributed by atoms with Crippen molar-refractivity contribution in [1.82, 2.24) is 15.7 Å². The van der Waals surface area contributed by atoms with Gasteiger partial charge in [0.2, 0.25) is 5.91 Å². The Morgan fingerprint density at radius 1 is 0.672 bits per heavy atom. The quantitative estimate of drug-likeness (QED) is 0.0833. The number of alkyl carbamates (subject to hydrolysis) is 1. The van der Waals surface area contributed by atoms with E-state index in [4.69, 9.17) is 42.7 Å². The fraction of sp³-hybridized carbons (Fsp3) is 0.585. The number of hydrogen-bond donors (Lipinski definition) is 2. The molecule has 1 aliphatic carbocycles. The number of carbonyl (C=O) groups is 5. The van der Waals surface area contributed by atoms with Crippen molar-refractivity contribution in [2.75, 3.05) is 106 Å². The van der Waals surface area contributed by atoms with Gasteiger partial charge in [-0.15, -0.1) is 5.06 Å². The molecular weight excluding hydrogens is 758 g/mol. The Balaban J connectivity index is 1.03. The summed E-state index contributed by atoms with van der Waals surface area (Å²) in [6.07, 6.45) is 0.184. The second-order valence-corrected chi connectivity index (χ2v) is 13.3. The number of fused-ring (bicyclic) bond motifs is 3. The zero-order valence-corrected chi connectivity index (χ0v) is 33.3. The van der Waals surface area contributed by atoms with Crippen LogP contribution in [0.1, 0.15) is 55.6 Å². The normalized spacial score (nSPS) is 14.0. The third-order valence-corrected chi connectivity index (χ3v) is 9.11. The fourth-order valence-corrected chi connectivity index (χ4v) is 6.14. The molecule has 4 rings (SSSR count). The van der Waals surface area contributed by atoms with Gasteiger partial charge in [0.15, 0.2) is 0 Å². The molecular formula is C41H57N3O14. The summed E-state index contributed by atoms with van der Waals surface area (Å²) in [5.41, 5.74) is 4.22. The first-order valence-electron chi connectivity index (χ1n) is 19.8. The summed E-state index contributed by atoms with van der Waals surface area (Å²) >= 11 is 0. The Morgan fingerprint density at radius 2 is 1.16 bits per heavy atom. The lowest BCUT2D eigenvalue weighted by Crippen LogP contribution is -2.45. The second kappa shape index (κ2) is 27.2. The average Bonchev–Trinajstić information content (AvgIpc) is 3.72. The number of amides is 4. The summed E-state index contributed by atoms with van der Waals surface area (Å²) < 4.78 is 43.1. The minimum atomic E-state index is -1.21. The maximum atomic E-state index is 13.1. The molecule has 2 aromatic carbocycles. The van der Waals surface area contributed by atoms with Gasteiger partial charge in [-0.1, -0.05) is 48.5 Å². The first-order valence-corrected chi connectivity index (χ1v) is 19.8. The number of nitrogens with one attached hydrogen (secondary N) is 2. The maximum absolute atomic E-state index is 13.1. The van der Waals surface area contributed by atoms with Crippen LogP contribution in [0.4, 0.5) is 4.79 Å². The monoisotopic (exact) mass is 815 g/mol. The zero-order valence-electron chi connectivity index (χ0n) is 33.3. The Labute approximate surface area is 339 Å². The van der Waals surface area contributed by atoms with Gasteiger partial charge in [-0.3, -0.25) is 14.4 Å². The van der Waals surface area contributed by atoms with Gasteiger partial charge >= 0.3 is 12.1 Å². The van der Waals surface area contributed by atoms with Crippen molar-refractivity contribution in [3.05, 3.63) is 59.7 Å². The van der Waals surface area contributed by atoms with Gasteiger partial charge in [0.05, 0.1) is 85.9 Å². The summed E-state index contributed by atoms with van der Waals surface area (Å²) in [6.45, 7) is 6.11. The molecule has 17 heteroatoms. The van der Waals surface area contributed by atoms with E-state index >= 15 is 0 Å². The number of benzene rings is 2. The number of ether oxygens (including phenoxy) is 8. The number of carbonyl (C=O) groups excluding carboxylic acids is 5. The number of rotatable bonds is 31. The highest BCUT2D eigenvalue weighted by molar-refractivity contribution is 6.01. The fourth-order valence-electron chi connectivity index (χ4n) is 6.14. The standard InChI is InChI=1S/C41H57N3O14/c1-50-18-19-52-22-23-54-26-27-56-29-28-55-25-24-53-21-20-51-17-15-37(45)42-16-7-6-12-36(40(48)58-44-38(46)13-14-39(44)47)43-41(49)57-30-35-33-10-4-2-8-31(33)32-9-3-5-11-34(32)35/h2-5,8-11,35-36H,6-7,12-30H2,1H3,(H,42,45)(H,43,49)/t36-/m0/s1. The molecule has 0 spiro atoms. The van der Waals surface area contributed by atoms with Gasteiger partial charge in [-0.2, -0.15) is 0 Å². The number of unbranched alkanes of at least 4 members (excludes halogenated alkanes) is 1. The van der Waals surface area contributed by atoms with E-state index in [0.29, 0.717) is 104 Å². The number of methoxy groups -OCH3 is 1. The minimum absolute atomic E-state index is 0.0326. The van der Waals surface area contributed by atoms with E-state index in [1.807, 2.05) is 48.5 Å². The van der Waals surface area contributed by atoms with E-state index in [1.54, 1.807) is 7.11 Å². The maximum Gasteiger partial charge on any atom is 0.407 e. The van der Waals surface area contributed by atoms with Gasteiger partial charge in [0, 0.05) is 38.8 Å². The van der Waals surface area contributed by atoms with Crippen LogP contribution in [0.25, 0.3) is 11.1 Å². The molecule has 0 unspecified atom stereocenters. The first-order chi connectivity index (χ1) is 28.4. The largest absolute Gasteiger partial charge is 0.449 e. The van der Waals surface area contributed by atoms with Crippen molar-refractivity contribution >= 4 is 29.8 Å². The molecule has 4 amide bonds. The van der Waals surface area contributed by atoms with Crippen LogP contribution >= 0.6 is 0 Å². The Kier molecular flexibility index (Phi) is 21.7. The van der Waals surface area contributed by atoms with Crippen LogP contribution in [0.2, 0.25) is 0 Å². The Hall–Kier alpha value is -4.49. The van der Waals surface area contributed by atoms with E-state index in [0.717, 1.165) is 22.3 Å². The summed E-state index contributed by atoms with van der Waals surface area (Å²) in [4.78, 5) is 67.7. The van der Waals surface area contributed by atoms with Crippen molar-refractivity contribution in [2.24, 2.45) is 0 Å². The third kappa shape index (κ3) is 16.4. The predicted molar refractivity (Wildman–Crippen MR) is 207 cm³/mol. The second-order valence-electron chi connectivity index (χ2n) is 13.3. The summed E-state index contributed by atoms with van der Waals surface area (Å²) in [5, 5.41) is 5.80. The number of hydroxylamine groups is 2. The van der Waals surface area contributed by atoms with Crippen molar-refractivity contribution in [1.29, 1.82) is 0 Å². The first kappa shape index (κ1) is 46.2. The van der Waals surface area contributed by atoms with Crippen LogP contribution in [0.15, 0.2) is 48.5 Å². The van der Waals surface area contributed by atoms with E-state index in [1.165, 1.54) is 0 Å². The van der Waals surface area contributed by atoms with Gasteiger partial charge in [0.1, 0.15) is 12.6 Å². The lowest BCUT2D eigenvalue weighted by Gasteiger charge is -2.21. The molecule has 1 atom stereocenters. The van der Waals surface area contributed by atoms with Crippen molar-refractivity contribution < 1.29 is 66.7 Å². The molecule has 1 heterocycles. The van der Waals surface area contributed by atoms with Gasteiger partial charge < -0.3 is 53.4 Å². The zero-order chi connectivity index (χ0) is 41.2. The van der Waals surface area contributed by atoms with Crippen molar-refractivity contribution in [3.63, 3.8) is 0 Å². The van der Waals surface area contributed by atoms with E-state index < -0.39 is 29.9 Å². The highest BCUT2D eigenvalue weighted by atomic mass is 16.7. The molecule has 17 nitrogen and oxygen atoms in total. The summed E-state index contributed by atoms with van der Waals surface area (Å²) in [5.74, 6) is -2.61. The number of imide groups is 1. The molecule has 2 aromatic rings. The highest BCUT2D eigenvalue weighted by Gasteiger charge is 2.36. The molecule has 0 bridgehead atoms. The lowest BCUT2D eigenvalue weighted by molar-refractivity contribution is -0.199. The molecule has 2 aliphatic rings. The van der Waals surface area contributed by atoms with Crippen LogP contribution in [-0.2, 0) is 61.9 Å². The molecule has 2 N–H and O–H groups in total. The molecule has 320 valence electrons. The Bertz CT molecular complexity index is 1510. The minimum Gasteiger partial charge on any atom is -0.449 e.